The standard InChI is InChI=1S/C11H17N3O3/c1-7-12-6-10(13-7)5-9(14-8(2)15)3-4-11(16)17/h6,9H,3-5H2,1-2H3,(H,12,13)(H,14,15)(H,16,17). The fourth-order valence-corrected chi connectivity index (χ4v) is 1.65. The zero-order valence-corrected chi connectivity index (χ0v) is 9.99. The summed E-state index contributed by atoms with van der Waals surface area (Å²) in [5, 5.41) is 11.4. The quantitative estimate of drug-likeness (QED) is 0.678. The number of aryl methyl sites for hydroxylation is 1. The van der Waals surface area contributed by atoms with E-state index in [4.69, 9.17) is 5.11 Å². The lowest BCUT2D eigenvalue weighted by Gasteiger charge is -2.15. The average molecular weight is 239 g/mol. The zero-order valence-electron chi connectivity index (χ0n) is 9.99. The lowest BCUT2D eigenvalue weighted by atomic mass is 10.1. The van der Waals surface area contributed by atoms with E-state index >= 15 is 0 Å². The molecule has 6 nitrogen and oxygen atoms in total. The van der Waals surface area contributed by atoms with E-state index in [1.54, 1.807) is 6.20 Å². The second kappa shape index (κ2) is 6.03. The van der Waals surface area contributed by atoms with Crippen molar-refractivity contribution < 1.29 is 14.7 Å². The Balaban J connectivity index is 2.56. The van der Waals surface area contributed by atoms with Crippen molar-refractivity contribution in [2.75, 3.05) is 0 Å². The molecule has 1 atom stereocenters. The molecule has 0 aliphatic carbocycles. The van der Waals surface area contributed by atoms with Crippen LogP contribution in [0.3, 0.4) is 0 Å². The molecule has 94 valence electrons. The zero-order chi connectivity index (χ0) is 12.8. The van der Waals surface area contributed by atoms with Gasteiger partial charge in [-0.1, -0.05) is 0 Å². The van der Waals surface area contributed by atoms with Crippen LogP contribution in [-0.2, 0) is 16.0 Å². The number of carbonyl (C=O) groups is 2. The highest BCUT2D eigenvalue weighted by Crippen LogP contribution is 2.06. The van der Waals surface area contributed by atoms with Crippen LogP contribution in [0.25, 0.3) is 0 Å². The monoisotopic (exact) mass is 239 g/mol. The van der Waals surface area contributed by atoms with Gasteiger partial charge in [0.1, 0.15) is 5.82 Å². The lowest BCUT2D eigenvalue weighted by Crippen LogP contribution is -2.35. The highest BCUT2D eigenvalue weighted by atomic mass is 16.4. The number of hydrogen-bond acceptors (Lipinski definition) is 3. The van der Waals surface area contributed by atoms with Crippen molar-refractivity contribution in [1.82, 2.24) is 15.3 Å². The van der Waals surface area contributed by atoms with E-state index < -0.39 is 5.97 Å². The van der Waals surface area contributed by atoms with Crippen molar-refractivity contribution in [2.24, 2.45) is 0 Å². The van der Waals surface area contributed by atoms with Crippen LogP contribution in [0.1, 0.15) is 31.3 Å². The summed E-state index contributed by atoms with van der Waals surface area (Å²) in [5.74, 6) is -0.211. The molecule has 0 saturated heterocycles. The van der Waals surface area contributed by atoms with Crippen LogP contribution in [-0.4, -0.2) is 33.0 Å². The van der Waals surface area contributed by atoms with Crippen molar-refractivity contribution >= 4 is 11.9 Å². The molecular formula is C11H17N3O3. The molecule has 1 heterocycles. The second-order valence-electron chi connectivity index (χ2n) is 4.03. The maximum absolute atomic E-state index is 11.0. The summed E-state index contributed by atoms with van der Waals surface area (Å²) in [6.45, 7) is 3.26. The Labute approximate surface area is 99.4 Å². The minimum Gasteiger partial charge on any atom is -0.481 e. The number of aromatic amines is 1. The summed E-state index contributed by atoms with van der Waals surface area (Å²) in [7, 11) is 0. The molecule has 1 aromatic rings. The highest BCUT2D eigenvalue weighted by molar-refractivity contribution is 5.73. The molecule has 1 unspecified atom stereocenters. The number of nitrogens with zero attached hydrogens (tertiary/aromatic N) is 1. The minimum absolute atomic E-state index is 0.0397. The topological polar surface area (TPSA) is 95.1 Å². The van der Waals surface area contributed by atoms with E-state index in [2.05, 4.69) is 15.3 Å². The van der Waals surface area contributed by atoms with Gasteiger partial charge in [-0.05, 0) is 13.3 Å². The van der Waals surface area contributed by atoms with Crippen molar-refractivity contribution in [3.05, 3.63) is 17.7 Å². The summed E-state index contributed by atoms with van der Waals surface area (Å²) >= 11 is 0. The van der Waals surface area contributed by atoms with Gasteiger partial charge in [0.05, 0.1) is 0 Å². The van der Waals surface area contributed by atoms with E-state index in [0.29, 0.717) is 12.8 Å². The molecule has 6 heteroatoms. The van der Waals surface area contributed by atoms with Gasteiger partial charge >= 0.3 is 5.97 Å². The molecule has 0 aliphatic rings. The van der Waals surface area contributed by atoms with E-state index in [1.807, 2.05) is 6.92 Å². The van der Waals surface area contributed by atoms with E-state index in [0.717, 1.165) is 11.5 Å². The number of rotatable bonds is 6. The van der Waals surface area contributed by atoms with Gasteiger partial charge in [0.2, 0.25) is 5.91 Å². The number of aliphatic carboxylic acids is 1. The number of carboxylic acids is 1. The molecular weight excluding hydrogens is 222 g/mol. The molecule has 1 aromatic heterocycles. The fourth-order valence-electron chi connectivity index (χ4n) is 1.65. The Morgan fingerprint density at radius 3 is 2.76 bits per heavy atom. The van der Waals surface area contributed by atoms with Crippen LogP contribution < -0.4 is 5.32 Å². The van der Waals surface area contributed by atoms with Crippen molar-refractivity contribution in [3.63, 3.8) is 0 Å². The van der Waals surface area contributed by atoms with Gasteiger partial charge < -0.3 is 15.4 Å². The normalized spacial score (nSPS) is 12.1. The SMILES string of the molecule is CC(=O)NC(CCC(=O)O)Cc1cnc(C)[nH]1. The molecule has 0 fully saturated rings. The first-order valence-electron chi connectivity index (χ1n) is 5.46. The lowest BCUT2D eigenvalue weighted by molar-refractivity contribution is -0.137. The molecule has 0 radical (unpaired) electrons. The van der Waals surface area contributed by atoms with Crippen LogP contribution in [0.15, 0.2) is 6.20 Å². The van der Waals surface area contributed by atoms with Gasteiger partial charge in [-0.25, -0.2) is 4.98 Å². The third-order valence-electron chi connectivity index (χ3n) is 2.34. The second-order valence-corrected chi connectivity index (χ2v) is 4.03. The average Bonchev–Trinajstić information content (AvgIpc) is 2.59. The number of amides is 1. The third kappa shape index (κ3) is 5.14. The Morgan fingerprint density at radius 2 is 2.29 bits per heavy atom. The number of H-pyrrole nitrogens is 1. The van der Waals surface area contributed by atoms with Gasteiger partial charge in [0, 0.05) is 37.7 Å². The molecule has 1 rings (SSSR count). The first-order chi connectivity index (χ1) is 7.97. The molecule has 0 aliphatic heterocycles. The smallest absolute Gasteiger partial charge is 0.303 e. The molecule has 0 bridgehead atoms. The van der Waals surface area contributed by atoms with Gasteiger partial charge in [0.25, 0.3) is 0 Å². The number of carbonyl (C=O) groups excluding carboxylic acids is 1. The van der Waals surface area contributed by atoms with E-state index in [1.165, 1.54) is 6.92 Å². The summed E-state index contributed by atoms with van der Waals surface area (Å²) < 4.78 is 0. The van der Waals surface area contributed by atoms with Crippen molar-refractivity contribution in [2.45, 2.75) is 39.2 Å². The highest BCUT2D eigenvalue weighted by Gasteiger charge is 2.13. The number of imidazole rings is 1. The predicted octanol–water partition coefficient (Wildman–Crippen LogP) is 0.630. The molecule has 1 amide bonds. The number of nitrogens with one attached hydrogen (secondary N) is 2. The fraction of sp³-hybridized carbons (Fsp3) is 0.545. The van der Waals surface area contributed by atoms with Crippen LogP contribution in [0.2, 0.25) is 0 Å². The van der Waals surface area contributed by atoms with Crippen LogP contribution in [0.5, 0.6) is 0 Å². The number of carboxylic acid groups (broad SMARTS) is 1. The molecule has 0 spiro atoms. The predicted molar refractivity (Wildman–Crippen MR) is 61.5 cm³/mol. The summed E-state index contributed by atoms with van der Waals surface area (Å²) in [4.78, 5) is 28.6. The van der Waals surface area contributed by atoms with Gasteiger partial charge in [0.15, 0.2) is 0 Å². The molecule has 17 heavy (non-hydrogen) atoms. The van der Waals surface area contributed by atoms with Gasteiger partial charge in [-0.2, -0.15) is 0 Å². The Kier molecular flexibility index (Phi) is 4.68. The Morgan fingerprint density at radius 1 is 1.59 bits per heavy atom. The van der Waals surface area contributed by atoms with E-state index in [9.17, 15) is 9.59 Å². The maximum atomic E-state index is 11.0. The van der Waals surface area contributed by atoms with Crippen molar-refractivity contribution in [3.8, 4) is 0 Å². The van der Waals surface area contributed by atoms with Crippen LogP contribution in [0.4, 0.5) is 0 Å². The first kappa shape index (κ1) is 13.2. The first-order valence-corrected chi connectivity index (χ1v) is 5.46. The third-order valence-corrected chi connectivity index (χ3v) is 2.34. The summed E-state index contributed by atoms with van der Waals surface area (Å²) in [6, 6.07) is -0.177. The molecule has 0 saturated carbocycles. The largest absolute Gasteiger partial charge is 0.481 e. The van der Waals surface area contributed by atoms with Gasteiger partial charge in [-0.15, -0.1) is 0 Å². The molecule has 0 aromatic carbocycles. The van der Waals surface area contributed by atoms with Crippen LogP contribution >= 0.6 is 0 Å². The maximum Gasteiger partial charge on any atom is 0.303 e. The summed E-state index contributed by atoms with van der Waals surface area (Å²) in [5.41, 5.74) is 0.895. The number of hydrogen-bond donors (Lipinski definition) is 3. The Bertz CT molecular complexity index is 400. The molecule has 3 N–H and O–H groups in total. The van der Waals surface area contributed by atoms with E-state index in [-0.39, 0.29) is 18.4 Å². The number of aromatic nitrogens is 2. The minimum atomic E-state index is -0.860. The summed E-state index contributed by atoms with van der Waals surface area (Å²) in [6.07, 6.45) is 2.71. The van der Waals surface area contributed by atoms with Crippen LogP contribution in [0, 0.1) is 6.92 Å². The van der Waals surface area contributed by atoms with Gasteiger partial charge in [-0.3, -0.25) is 9.59 Å². The van der Waals surface area contributed by atoms with Crippen molar-refractivity contribution in [1.29, 1.82) is 0 Å². The Hall–Kier alpha value is -1.85.